The Hall–Kier alpha value is -2.00. The molecule has 2 aromatic carbocycles. The first kappa shape index (κ1) is 14.4. The molecule has 0 spiro atoms. The summed E-state index contributed by atoms with van der Waals surface area (Å²) >= 11 is 5.85. The Labute approximate surface area is 123 Å². The Bertz CT molecular complexity index is 596. The van der Waals surface area contributed by atoms with Crippen molar-refractivity contribution in [2.75, 3.05) is 14.2 Å². The van der Waals surface area contributed by atoms with Crippen LogP contribution in [0.15, 0.2) is 48.5 Å². The molecule has 0 unspecified atom stereocenters. The van der Waals surface area contributed by atoms with Gasteiger partial charge in [-0.05, 0) is 29.8 Å². The van der Waals surface area contributed by atoms with Gasteiger partial charge >= 0.3 is 0 Å². The number of halogens is 1. The minimum absolute atomic E-state index is 0.0719. The van der Waals surface area contributed by atoms with Crippen LogP contribution in [0.3, 0.4) is 0 Å². The number of hydrogen-bond acceptors (Lipinski definition) is 2. The molecule has 0 heterocycles. The molecule has 0 aliphatic heterocycles. The number of hydrogen-bond donors (Lipinski definition) is 0. The van der Waals surface area contributed by atoms with E-state index in [0.717, 1.165) is 5.56 Å². The lowest BCUT2D eigenvalue weighted by Crippen LogP contribution is -2.26. The summed E-state index contributed by atoms with van der Waals surface area (Å²) < 4.78 is 5.22. The lowest BCUT2D eigenvalue weighted by Gasteiger charge is -2.18. The van der Waals surface area contributed by atoms with E-state index < -0.39 is 0 Å². The predicted octanol–water partition coefficient (Wildman–Crippen LogP) is 3.62. The molecule has 20 heavy (non-hydrogen) atoms. The number of nitrogens with zero attached hydrogens (tertiary/aromatic N) is 1. The third kappa shape index (κ3) is 3.31. The van der Waals surface area contributed by atoms with Crippen LogP contribution in [-0.4, -0.2) is 25.0 Å². The van der Waals surface area contributed by atoms with E-state index in [9.17, 15) is 4.79 Å². The van der Waals surface area contributed by atoms with Gasteiger partial charge in [0, 0.05) is 18.6 Å². The van der Waals surface area contributed by atoms with Crippen molar-refractivity contribution >= 4 is 17.5 Å². The van der Waals surface area contributed by atoms with Crippen LogP contribution in [0.2, 0.25) is 5.02 Å². The van der Waals surface area contributed by atoms with E-state index in [-0.39, 0.29) is 5.91 Å². The highest BCUT2D eigenvalue weighted by Gasteiger charge is 2.16. The van der Waals surface area contributed by atoms with E-state index in [1.807, 2.05) is 36.4 Å². The van der Waals surface area contributed by atoms with Crippen molar-refractivity contribution < 1.29 is 9.53 Å². The second kappa shape index (κ2) is 6.44. The summed E-state index contributed by atoms with van der Waals surface area (Å²) in [5.74, 6) is 0.512. The highest BCUT2D eigenvalue weighted by molar-refractivity contribution is 6.30. The second-order valence-corrected chi connectivity index (χ2v) is 4.92. The van der Waals surface area contributed by atoms with Crippen molar-refractivity contribution in [2.45, 2.75) is 6.54 Å². The maximum Gasteiger partial charge on any atom is 0.257 e. The predicted molar refractivity (Wildman–Crippen MR) is 80.2 cm³/mol. The third-order valence-corrected chi connectivity index (χ3v) is 3.27. The molecule has 1 amide bonds. The summed E-state index contributed by atoms with van der Waals surface area (Å²) in [4.78, 5) is 14.1. The van der Waals surface area contributed by atoms with Gasteiger partial charge in [0.1, 0.15) is 5.75 Å². The highest BCUT2D eigenvalue weighted by Crippen LogP contribution is 2.20. The zero-order valence-electron chi connectivity index (χ0n) is 11.5. The van der Waals surface area contributed by atoms with Gasteiger partial charge in [0.2, 0.25) is 0 Å². The molecule has 2 aromatic rings. The topological polar surface area (TPSA) is 29.5 Å². The minimum atomic E-state index is -0.0719. The van der Waals surface area contributed by atoms with Gasteiger partial charge in [-0.25, -0.2) is 0 Å². The van der Waals surface area contributed by atoms with E-state index in [0.29, 0.717) is 22.9 Å². The normalized spacial score (nSPS) is 10.2. The lowest BCUT2D eigenvalue weighted by molar-refractivity contribution is 0.0781. The number of carbonyl (C=O) groups is 1. The van der Waals surface area contributed by atoms with Crippen molar-refractivity contribution in [3.63, 3.8) is 0 Å². The molecule has 3 nitrogen and oxygen atoms in total. The summed E-state index contributed by atoms with van der Waals surface area (Å²) in [6, 6.07) is 14.7. The van der Waals surface area contributed by atoms with Crippen molar-refractivity contribution in [3.8, 4) is 5.75 Å². The maximum atomic E-state index is 12.4. The Balaban J connectivity index is 2.14. The molecule has 0 aliphatic rings. The molecular weight excluding hydrogens is 274 g/mol. The van der Waals surface area contributed by atoms with Crippen LogP contribution in [0.1, 0.15) is 15.9 Å². The minimum Gasteiger partial charge on any atom is -0.496 e. The zero-order valence-corrected chi connectivity index (χ0v) is 12.2. The van der Waals surface area contributed by atoms with Crippen LogP contribution in [-0.2, 0) is 6.54 Å². The molecule has 0 bridgehead atoms. The number of benzene rings is 2. The summed E-state index contributed by atoms with van der Waals surface area (Å²) in [5.41, 5.74) is 1.59. The number of amides is 1. The quantitative estimate of drug-likeness (QED) is 0.860. The molecule has 0 saturated heterocycles. The SMILES string of the molecule is COc1ccccc1C(=O)N(C)Cc1ccc(Cl)cc1. The van der Waals surface area contributed by atoms with Crippen LogP contribution in [0.5, 0.6) is 5.75 Å². The molecule has 4 heteroatoms. The van der Waals surface area contributed by atoms with Crippen LogP contribution in [0.4, 0.5) is 0 Å². The standard InChI is InChI=1S/C16H16ClNO2/c1-18(11-12-7-9-13(17)10-8-12)16(19)14-5-3-4-6-15(14)20-2/h3-10H,11H2,1-2H3. The van der Waals surface area contributed by atoms with Crippen molar-refractivity contribution in [1.82, 2.24) is 4.90 Å². The van der Waals surface area contributed by atoms with Gasteiger partial charge in [0.25, 0.3) is 5.91 Å². The smallest absolute Gasteiger partial charge is 0.257 e. The average molecular weight is 290 g/mol. The zero-order chi connectivity index (χ0) is 14.5. The third-order valence-electron chi connectivity index (χ3n) is 3.02. The van der Waals surface area contributed by atoms with Crippen molar-refractivity contribution in [1.29, 1.82) is 0 Å². The summed E-state index contributed by atoms with van der Waals surface area (Å²) in [6.45, 7) is 0.522. The van der Waals surface area contributed by atoms with E-state index in [1.165, 1.54) is 0 Å². The Morgan fingerprint density at radius 1 is 1.15 bits per heavy atom. The molecular formula is C16H16ClNO2. The molecule has 0 saturated carbocycles. The highest BCUT2D eigenvalue weighted by atomic mass is 35.5. The van der Waals surface area contributed by atoms with Gasteiger partial charge < -0.3 is 9.64 Å². The summed E-state index contributed by atoms with van der Waals surface area (Å²) in [6.07, 6.45) is 0. The first-order valence-corrected chi connectivity index (χ1v) is 6.62. The summed E-state index contributed by atoms with van der Waals surface area (Å²) in [5, 5.41) is 0.687. The van der Waals surface area contributed by atoms with Gasteiger partial charge in [-0.3, -0.25) is 4.79 Å². The first-order chi connectivity index (χ1) is 9.61. The fourth-order valence-corrected chi connectivity index (χ4v) is 2.09. The Morgan fingerprint density at radius 2 is 1.80 bits per heavy atom. The largest absolute Gasteiger partial charge is 0.496 e. The van der Waals surface area contributed by atoms with E-state index in [4.69, 9.17) is 16.3 Å². The van der Waals surface area contributed by atoms with Crippen molar-refractivity contribution in [3.05, 3.63) is 64.7 Å². The fourth-order valence-electron chi connectivity index (χ4n) is 1.96. The first-order valence-electron chi connectivity index (χ1n) is 6.24. The number of rotatable bonds is 4. The van der Waals surface area contributed by atoms with Crippen LogP contribution < -0.4 is 4.74 Å². The maximum absolute atomic E-state index is 12.4. The lowest BCUT2D eigenvalue weighted by atomic mass is 10.1. The van der Waals surface area contributed by atoms with E-state index in [2.05, 4.69) is 0 Å². The molecule has 0 atom stereocenters. The van der Waals surface area contributed by atoms with Gasteiger partial charge in [0.15, 0.2) is 0 Å². The molecule has 104 valence electrons. The molecule has 0 radical (unpaired) electrons. The molecule has 0 aromatic heterocycles. The van der Waals surface area contributed by atoms with Gasteiger partial charge in [0.05, 0.1) is 12.7 Å². The number of para-hydroxylation sites is 1. The average Bonchev–Trinajstić information content (AvgIpc) is 2.48. The molecule has 2 rings (SSSR count). The fraction of sp³-hybridized carbons (Fsp3) is 0.188. The second-order valence-electron chi connectivity index (χ2n) is 4.49. The van der Waals surface area contributed by atoms with Gasteiger partial charge in [-0.2, -0.15) is 0 Å². The van der Waals surface area contributed by atoms with Crippen molar-refractivity contribution in [2.24, 2.45) is 0 Å². The van der Waals surface area contributed by atoms with Crippen LogP contribution in [0, 0.1) is 0 Å². The Morgan fingerprint density at radius 3 is 2.45 bits per heavy atom. The monoisotopic (exact) mass is 289 g/mol. The number of methoxy groups -OCH3 is 1. The van der Waals surface area contributed by atoms with Crippen LogP contribution >= 0.6 is 11.6 Å². The van der Waals surface area contributed by atoms with E-state index in [1.54, 1.807) is 31.2 Å². The van der Waals surface area contributed by atoms with Gasteiger partial charge in [-0.1, -0.05) is 35.9 Å². The molecule has 0 N–H and O–H groups in total. The number of ether oxygens (including phenoxy) is 1. The number of carbonyl (C=O) groups excluding carboxylic acids is 1. The van der Waals surface area contributed by atoms with E-state index >= 15 is 0 Å². The van der Waals surface area contributed by atoms with Gasteiger partial charge in [-0.15, -0.1) is 0 Å². The van der Waals surface area contributed by atoms with Crippen LogP contribution in [0.25, 0.3) is 0 Å². The Kier molecular flexibility index (Phi) is 4.64. The molecule has 0 fully saturated rings. The summed E-state index contributed by atoms with van der Waals surface area (Å²) in [7, 11) is 3.33. The molecule has 0 aliphatic carbocycles.